The highest BCUT2D eigenvalue weighted by Gasteiger charge is 2.36. The molecule has 1 aromatic carbocycles. The minimum atomic E-state index is -0.107. The van der Waals surface area contributed by atoms with Gasteiger partial charge in [-0.3, -0.25) is 4.90 Å². The van der Waals surface area contributed by atoms with Crippen molar-refractivity contribution in [3.05, 3.63) is 60.2 Å². The number of rotatable bonds is 4. The van der Waals surface area contributed by atoms with E-state index in [1.807, 2.05) is 18.2 Å². The van der Waals surface area contributed by atoms with E-state index in [0.717, 1.165) is 6.54 Å². The molecule has 1 fully saturated rings. The summed E-state index contributed by atoms with van der Waals surface area (Å²) in [5, 5.41) is 8.25. The van der Waals surface area contributed by atoms with Crippen LogP contribution in [0.4, 0.5) is 0 Å². The second kappa shape index (κ2) is 6.46. The van der Waals surface area contributed by atoms with E-state index >= 15 is 0 Å². The van der Waals surface area contributed by atoms with E-state index in [9.17, 15) is 0 Å². The van der Waals surface area contributed by atoms with Crippen LogP contribution in [0.15, 0.2) is 57.6 Å². The lowest BCUT2D eigenvalue weighted by molar-refractivity contribution is -0.106. The van der Waals surface area contributed by atoms with E-state index in [4.69, 9.17) is 13.6 Å². The maximum absolute atomic E-state index is 6.09. The number of hydrogen-bond donors (Lipinski definition) is 0. The first-order chi connectivity index (χ1) is 12.1. The smallest absolute Gasteiger partial charge is 0.283 e. The fourth-order valence-corrected chi connectivity index (χ4v) is 3.02. The molecule has 1 unspecified atom stereocenters. The van der Waals surface area contributed by atoms with Crippen molar-refractivity contribution in [1.29, 1.82) is 0 Å². The second-order valence-electron chi connectivity index (χ2n) is 6.88. The molecule has 3 heterocycles. The lowest BCUT2D eigenvalue weighted by Gasteiger charge is -2.44. The van der Waals surface area contributed by atoms with Gasteiger partial charge in [0.1, 0.15) is 0 Å². The van der Waals surface area contributed by atoms with Gasteiger partial charge in [-0.25, -0.2) is 0 Å². The van der Waals surface area contributed by atoms with E-state index in [1.54, 1.807) is 18.4 Å². The van der Waals surface area contributed by atoms with E-state index in [0.29, 0.717) is 30.7 Å². The number of morpholine rings is 1. The van der Waals surface area contributed by atoms with Crippen molar-refractivity contribution in [2.45, 2.75) is 32.0 Å². The quantitative estimate of drug-likeness (QED) is 0.722. The maximum atomic E-state index is 6.09. The highest BCUT2D eigenvalue weighted by molar-refractivity contribution is 5.42. The van der Waals surface area contributed by atoms with E-state index in [1.165, 1.54) is 5.56 Å². The van der Waals surface area contributed by atoms with Crippen molar-refractivity contribution in [3.8, 4) is 11.7 Å². The van der Waals surface area contributed by atoms with E-state index < -0.39 is 0 Å². The fourth-order valence-electron chi connectivity index (χ4n) is 3.02. The van der Waals surface area contributed by atoms with Gasteiger partial charge in [-0.15, -0.1) is 10.2 Å². The summed E-state index contributed by atoms with van der Waals surface area (Å²) in [4.78, 5) is 2.33. The zero-order valence-corrected chi connectivity index (χ0v) is 14.4. The first kappa shape index (κ1) is 16.1. The summed E-state index contributed by atoms with van der Waals surface area (Å²) in [6, 6.07) is 13.9. The molecular formula is C19H21N3O3. The van der Waals surface area contributed by atoms with Gasteiger partial charge in [0.15, 0.2) is 5.76 Å². The Kier molecular flexibility index (Phi) is 4.15. The van der Waals surface area contributed by atoms with Crippen molar-refractivity contribution in [1.82, 2.24) is 15.1 Å². The van der Waals surface area contributed by atoms with Gasteiger partial charge < -0.3 is 13.6 Å². The Morgan fingerprint density at radius 2 is 1.96 bits per heavy atom. The number of aromatic nitrogens is 2. The fraction of sp³-hybridized carbons (Fsp3) is 0.368. The molecule has 25 heavy (non-hydrogen) atoms. The molecule has 1 aliphatic heterocycles. The topological polar surface area (TPSA) is 64.5 Å². The van der Waals surface area contributed by atoms with Gasteiger partial charge in [-0.05, 0) is 31.5 Å². The molecule has 2 aromatic heterocycles. The molecule has 0 N–H and O–H groups in total. The van der Waals surface area contributed by atoms with Crippen LogP contribution in [-0.4, -0.2) is 33.8 Å². The number of ether oxygens (including phenoxy) is 1. The summed E-state index contributed by atoms with van der Waals surface area (Å²) < 4.78 is 17.2. The average Bonchev–Trinajstić information content (AvgIpc) is 3.29. The number of benzene rings is 1. The molecule has 0 amide bonds. The maximum Gasteiger partial charge on any atom is 0.283 e. The molecule has 0 aliphatic carbocycles. The summed E-state index contributed by atoms with van der Waals surface area (Å²) in [5.74, 6) is 1.57. The lowest BCUT2D eigenvalue weighted by atomic mass is 9.98. The minimum Gasteiger partial charge on any atom is -0.459 e. The Bertz CT molecular complexity index is 812. The molecule has 0 radical (unpaired) electrons. The highest BCUT2D eigenvalue weighted by Crippen LogP contribution is 2.31. The van der Waals surface area contributed by atoms with Crippen LogP contribution in [0.2, 0.25) is 0 Å². The molecule has 4 rings (SSSR count). The molecular weight excluding hydrogens is 318 g/mol. The summed E-state index contributed by atoms with van der Waals surface area (Å²) in [6.45, 7) is 6.32. The summed E-state index contributed by atoms with van der Waals surface area (Å²) >= 11 is 0. The molecule has 0 saturated carbocycles. The monoisotopic (exact) mass is 339 g/mol. The highest BCUT2D eigenvalue weighted by atomic mass is 16.5. The average molecular weight is 339 g/mol. The van der Waals surface area contributed by atoms with Gasteiger partial charge in [-0.2, -0.15) is 0 Å². The third-order valence-corrected chi connectivity index (χ3v) is 4.58. The first-order valence-corrected chi connectivity index (χ1v) is 8.40. The van der Waals surface area contributed by atoms with Crippen LogP contribution < -0.4 is 0 Å². The van der Waals surface area contributed by atoms with Gasteiger partial charge in [0.05, 0.1) is 25.5 Å². The summed E-state index contributed by atoms with van der Waals surface area (Å²) in [5.41, 5.74) is 1.08. The van der Waals surface area contributed by atoms with Crippen LogP contribution in [0.1, 0.15) is 31.4 Å². The Morgan fingerprint density at radius 3 is 2.72 bits per heavy atom. The van der Waals surface area contributed by atoms with Crippen LogP contribution in [0.25, 0.3) is 11.7 Å². The van der Waals surface area contributed by atoms with Gasteiger partial charge in [-0.1, -0.05) is 30.3 Å². The molecule has 1 aliphatic rings. The third-order valence-electron chi connectivity index (χ3n) is 4.58. The minimum absolute atomic E-state index is 0.0432. The third kappa shape index (κ3) is 3.36. The van der Waals surface area contributed by atoms with Crippen LogP contribution >= 0.6 is 0 Å². The van der Waals surface area contributed by atoms with Crippen molar-refractivity contribution in [2.24, 2.45) is 0 Å². The Balaban J connectivity index is 1.51. The predicted molar refractivity (Wildman–Crippen MR) is 91.6 cm³/mol. The molecule has 130 valence electrons. The van der Waals surface area contributed by atoms with Crippen molar-refractivity contribution in [2.75, 3.05) is 13.2 Å². The number of hydrogen-bond acceptors (Lipinski definition) is 6. The Morgan fingerprint density at radius 1 is 1.12 bits per heavy atom. The number of furan rings is 1. The van der Waals surface area contributed by atoms with Crippen LogP contribution in [-0.2, 0) is 11.3 Å². The number of nitrogens with zero attached hydrogens (tertiary/aromatic N) is 3. The zero-order chi connectivity index (χ0) is 17.3. The van der Waals surface area contributed by atoms with Crippen LogP contribution in [0.3, 0.4) is 0 Å². The van der Waals surface area contributed by atoms with E-state index in [2.05, 4.69) is 41.1 Å². The summed E-state index contributed by atoms with van der Waals surface area (Å²) in [7, 11) is 0. The zero-order valence-electron chi connectivity index (χ0n) is 14.4. The van der Waals surface area contributed by atoms with Crippen molar-refractivity contribution in [3.63, 3.8) is 0 Å². The van der Waals surface area contributed by atoms with Gasteiger partial charge >= 0.3 is 0 Å². The molecule has 3 aromatic rings. The predicted octanol–water partition coefficient (Wildman–Crippen LogP) is 3.68. The second-order valence-corrected chi connectivity index (χ2v) is 6.88. The molecule has 0 bridgehead atoms. The molecule has 6 nitrogen and oxygen atoms in total. The lowest BCUT2D eigenvalue weighted by Crippen LogP contribution is -2.53. The largest absolute Gasteiger partial charge is 0.459 e. The Hall–Kier alpha value is -2.44. The molecule has 6 heteroatoms. The molecule has 1 atom stereocenters. The standard InChI is InChI=1S/C19H21N3O3/c1-19(2)13-24-16(14-7-4-3-5-8-14)11-22(19)12-17-20-21-18(25-17)15-9-6-10-23-15/h3-10,16H,11-13H2,1-2H3. The van der Waals surface area contributed by atoms with Gasteiger partial charge in [0.25, 0.3) is 5.89 Å². The van der Waals surface area contributed by atoms with Gasteiger partial charge in [0.2, 0.25) is 5.89 Å². The normalized spacial score (nSPS) is 20.6. The van der Waals surface area contributed by atoms with Crippen LogP contribution in [0, 0.1) is 0 Å². The SMILES string of the molecule is CC1(C)COC(c2ccccc2)CN1Cc1nnc(-c2ccco2)o1. The van der Waals surface area contributed by atoms with E-state index in [-0.39, 0.29) is 11.6 Å². The van der Waals surface area contributed by atoms with Crippen molar-refractivity contribution >= 4 is 0 Å². The first-order valence-electron chi connectivity index (χ1n) is 8.40. The van der Waals surface area contributed by atoms with Crippen LogP contribution in [0.5, 0.6) is 0 Å². The Labute approximate surface area is 146 Å². The van der Waals surface area contributed by atoms with Gasteiger partial charge in [0, 0.05) is 12.1 Å². The molecule has 1 saturated heterocycles. The molecule has 0 spiro atoms. The summed E-state index contributed by atoms with van der Waals surface area (Å²) in [6.07, 6.45) is 1.64. The van der Waals surface area contributed by atoms with Crippen molar-refractivity contribution < 1.29 is 13.6 Å².